The number of rotatable bonds is 1. The van der Waals surface area contributed by atoms with Gasteiger partial charge < -0.3 is 10.7 Å². The minimum atomic E-state index is 0.656. The molecule has 2 heterocycles. The molecular weight excluding hydrogens is 268 g/mol. The van der Waals surface area contributed by atoms with Gasteiger partial charge in [-0.3, -0.25) is 5.10 Å². The normalized spacial score (nSPS) is 11.1. The third kappa shape index (κ3) is 1.32. The number of nitrogens with zero attached hydrogens (tertiary/aromatic N) is 1. The van der Waals surface area contributed by atoms with Crippen molar-refractivity contribution in [2.45, 2.75) is 0 Å². The molecule has 0 atom stereocenters. The molecule has 0 amide bonds. The molecule has 4 nitrogen and oxygen atoms in total. The molecule has 0 unspecified atom stereocenters. The maximum absolute atomic E-state index is 5.84. The molecule has 0 bridgehead atoms. The highest BCUT2D eigenvalue weighted by molar-refractivity contribution is 9.10. The molecule has 2 aromatic heterocycles. The van der Waals surface area contributed by atoms with E-state index in [1.54, 1.807) is 6.20 Å². The van der Waals surface area contributed by atoms with Gasteiger partial charge in [-0.1, -0.05) is 22.0 Å². The van der Waals surface area contributed by atoms with Crippen molar-refractivity contribution in [3.63, 3.8) is 0 Å². The molecule has 3 rings (SSSR count). The van der Waals surface area contributed by atoms with Crippen LogP contribution in [0.3, 0.4) is 0 Å². The predicted molar refractivity (Wildman–Crippen MR) is 68.0 cm³/mol. The van der Waals surface area contributed by atoms with Crippen LogP contribution >= 0.6 is 15.9 Å². The SMILES string of the molecule is Nc1cn[nH]c1-c1c[nH]c2cc(Br)ccc12. The summed E-state index contributed by atoms with van der Waals surface area (Å²) in [5.74, 6) is 0. The number of anilines is 1. The molecule has 4 N–H and O–H groups in total. The summed E-state index contributed by atoms with van der Waals surface area (Å²) in [5, 5.41) is 7.96. The van der Waals surface area contributed by atoms with Crippen molar-refractivity contribution >= 4 is 32.5 Å². The van der Waals surface area contributed by atoms with Crippen LogP contribution in [0, 0.1) is 0 Å². The molecule has 0 aliphatic carbocycles. The molecule has 0 radical (unpaired) electrons. The van der Waals surface area contributed by atoms with Gasteiger partial charge in [-0.2, -0.15) is 5.10 Å². The monoisotopic (exact) mass is 276 g/mol. The number of halogens is 1. The first-order valence-corrected chi connectivity index (χ1v) is 5.61. The van der Waals surface area contributed by atoms with E-state index in [9.17, 15) is 0 Å². The average Bonchev–Trinajstić information content (AvgIpc) is 2.83. The Kier molecular flexibility index (Phi) is 2.00. The van der Waals surface area contributed by atoms with Gasteiger partial charge in [0.2, 0.25) is 0 Å². The van der Waals surface area contributed by atoms with E-state index < -0.39 is 0 Å². The van der Waals surface area contributed by atoms with Crippen LogP contribution in [-0.4, -0.2) is 15.2 Å². The van der Waals surface area contributed by atoms with Crippen molar-refractivity contribution in [1.29, 1.82) is 0 Å². The minimum absolute atomic E-state index is 0.656. The number of nitrogens with one attached hydrogen (secondary N) is 2. The van der Waals surface area contributed by atoms with Gasteiger partial charge in [-0.05, 0) is 12.1 Å². The third-order valence-electron chi connectivity index (χ3n) is 2.58. The van der Waals surface area contributed by atoms with Crippen LogP contribution in [0.25, 0.3) is 22.2 Å². The summed E-state index contributed by atoms with van der Waals surface area (Å²) in [6, 6.07) is 6.09. The topological polar surface area (TPSA) is 70.5 Å². The van der Waals surface area contributed by atoms with E-state index in [4.69, 9.17) is 5.73 Å². The third-order valence-corrected chi connectivity index (χ3v) is 3.08. The molecule has 0 saturated carbocycles. The summed E-state index contributed by atoms with van der Waals surface area (Å²) in [6.45, 7) is 0. The summed E-state index contributed by atoms with van der Waals surface area (Å²) in [4.78, 5) is 3.21. The van der Waals surface area contributed by atoms with E-state index in [-0.39, 0.29) is 0 Å². The number of fused-ring (bicyclic) bond motifs is 1. The summed E-state index contributed by atoms with van der Waals surface area (Å²) in [6.07, 6.45) is 3.55. The molecule has 80 valence electrons. The first-order valence-electron chi connectivity index (χ1n) is 4.81. The van der Waals surface area contributed by atoms with E-state index in [2.05, 4.69) is 31.1 Å². The van der Waals surface area contributed by atoms with Crippen LogP contribution in [0.2, 0.25) is 0 Å². The second-order valence-corrected chi connectivity index (χ2v) is 4.51. The highest BCUT2D eigenvalue weighted by atomic mass is 79.9. The Morgan fingerprint density at radius 1 is 1.31 bits per heavy atom. The van der Waals surface area contributed by atoms with Gasteiger partial charge in [-0.25, -0.2) is 0 Å². The predicted octanol–water partition coefficient (Wildman–Crippen LogP) is 2.90. The lowest BCUT2D eigenvalue weighted by Crippen LogP contribution is -1.85. The minimum Gasteiger partial charge on any atom is -0.396 e. The Balaban J connectivity index is 2.30. The number of hydrogen-bond acceptors (Lipinski definition) is 2. The molecule has 0 saturated heterocycles. The number of nitrogen functional groups attached to an aromatic ring is 1. The van der Waals surface area contributed by atoms with E-state index in [0.29, 0.717) is 5.69 Å². The van der Waals surface area contributed by atoms with Gasteiger partial charge in [0.15, 0.2) is 0 Å². The van der Waals surface area contributed by atoms with Crippen molar-refractivity contribution in [2.75, 3.05) is 5.73 Å². The number of benzene rings is 1. The summed E-state index contributed by atoms with van der Waals surface area (Å²) in [7, 11) is 0. The van der Waals surface area contributed by atoms with Gasteiger partial charge >= 0.3 is 0 Å². The van der Waals surface area contributed by atoms with Crippen LogP contribution in [0.4, 0.5) is 5.69 Å². The Hall–Kier alpha value is -1.75. The lowest BCUT2D eigenvalue weighted by molar-refractivity contribution is 1.10. The van der Waals surface area contributed by atoms with Crippen molar-refractivity contribution in [3.8, 4) is 11.3 Å². The first-order chi connectivity index (χ1) is 7.75. The van der Waals surface area contributed by atoms with E-state index >= 15 is 0 Å². The standard InChI is InChI=1S/C11H9BrN4/c12-6-1-2-7-8(4-14-10(7)3-6)11-9(13)5-15-16-11/h1-5,14H,13H2,(H,15,16). The second-order valence-electron chi connectivity index (χ2n) is 3.59. The molecule has 0 spiro atoms. The van der Waals surface area contributed by atoms with Gasteiger partial charge in [0, 0.05) is 27.1 Å². The zero-order valence-corrected chi connectivity index (χ0v) is 9.88. The molecule has 1 aromatic carbocycles. The first kappa shape index (κ1) is 9.47. The van der Waals surface area contributed by atoms with Gasteiger partial charge in [0.05, 0.1) is 17.6 Å². The van der Waals surface area contributed by atoms with Crippen molar-refractivity contribution in [3.05, 3.63) is 35.1 Å². The quantitative estimate of drug-likeness (QED) is 0.640. The Morgan fingerprint density at radius 2 is 2.19 bits per heavy atom. The lowest BCUT2D eigenvalue weighted by atomic mass is 10.1. The summed E-state index contributed by atoms with van der Waals surface area (Å²) in [5.41, 5.74) is 9.45. The smallest absolute Gasteiger partial charge is 0.0901 e. The fourth-order valence-electron chi connectivity index (χ4n) is 1.82. The van der Waals surface area contributed by atoms with Crippen molar-refractivity contribution in [2.24, 2.45) is 0 Å². The van der Waals surface area contributed by atoms with Crippen LogP contribution in [0.15, 0.2) is 35.1 Å². The van der Waals surface area contributed by atoms with Gasteiger partial charge in [0.1, 0.15) is 0 Å². The number of nitrogens with two attached hydrogens (primary N) is 1. The Labute approximate surface area is 100.0 Å². The molecule has 0 aliphatic rings. The molecule has 0 aliphatic heterocycles. The number of aromatic nitrogens is 3. The molecule has 3 aromatic rings. The summed E-state index contributed by atoms with van der Waals surface area (Å²) >= 11 is 3.44. The van der Waals surface area contributed by atoms with E-state index in [0.717, 1.165) is 26.6 Å². The van der Waals surface area contributed by atoms with Gasteiger partial charge in [-0.15, -0.1) is 0 Å². The number of hydrogen-bond donors (Lipinski definition) is 3. The number of aromatic amines is 2. The zero-order chi connectivity index (χ0) is 11.1. The van der Waals surface area contributed by atoms with Crippen molar-refractivity contribution in [1.82, 2.24) is 15.2 Å². The van der Waals surface area contributed by atoms with E-state index in [1.807, 2.05) is 24.4 Å². The number of H-pyrrole nitrogens is 2. The lowest BCUT2D eigenvalue weighted by Gasteiger charge is -1.97. The van der Waals surface area contributed by atoms with Gasteiger partial charge in [0.25, 0.3) is 0 Å². The fourth-order valence-corrected chi connectivity index (χ4v) is 2.18. The van der Waals surface area contributed by atoms with Crippen molar-refractivity contribution < 1.29 is 0 Å². The second kappa shape index (κ2) is 3.38. The van der Waals surface area contributed by atoms with Crippen LogP contribution in [-0.2, 0) is 0 Å². The maximum atomic E-state index is 5.84. The van der Waals surface area contributed by atoms with Crippen LogP contribution in [0.1, 0.15) is 0 Å². The maximum Gasteiger partial charge on any atom is 0.0901 e. The summed E-state index contributed by atoms with van der Waals surface area (Å²) < 4.78 is 1.05. The fraction of sp³-hybridized carbons (Fsp3) is 0. The van der Waals surface area contributed by atoms with E-state index in [1.165, 1.54) is 0 Å². The largest absolute Gasteiger partial charge is 0.396 e. The zero-order valence-electron chi connectivity index (χ0n) is 8.29. The highest BCUT2D eigenvalue weighted by Crippen LogP contribution is 2.31. The molecule has 0 fully saturated rings. The Morgan fingerprint density at radius 3 is 2.94 bits per heavy atom. The Bertz CT molecular complexity index is 653. The molecule has 16 heavy (non-hydrogen) atoms. The van der Waals surface area contributed by atoms with Crippen LogP contribution in [0.5, 0.6) is 0 Å². The average molecular weight is 277 g/mol. The highest BCUT2D eigenvalue weighted by Gasteiger charge is 2.10. The molecular formula is C11H9BrN4. The van der Waals surface area contributed by atoms with Crippen LogP contribution < -0.4 is 5.73 Å². The molecule has 5 heteroatoms.